The van der Waals surface area contributed by atoms with E-state index in [1.165, 1.54) is 0 Å². The Morgan fingerprint density at radius 3 is 2.71 bits per heavy atom. The van der Waals surface area contributed by atoms with Crippen LogP contribution in [0.25, 0.3) is 0 Å². The maximum atomic E-state index is 13.8. The fourth-order valence-electron chi connectivity index (χ4n) is 2.40. The van der Waals surface area contributed by atoms with Crippen molar-refractivity contribution in [2.75, 3.05) is 13.1 Å². The highest BCUT2D eigenvalue weighted by Crippen LogP contribution is 2.30. The number of rotatable bonds is 3. The second-order valence-electron chi connectivity index (χ2n) is 5.02. The van der Waals surface area contributed by atoms with E-state index in [0.717, 1.165) is 25.0 Å². The summed E-state index contributed by atoms with van der Waals surface area (Å²) in [5.74, 6) is -0.768. The summed E-state index contributed by atoms with van der Waals surface area (Å²) in [7, 11) is 1.13. The first-order valence-electron chi connectivity index (χ1n) is 6.47. The SMILES string of the molecule is CCC1CCN(C(=O)c2cc(F)c(Br)c(S(=O)(=O)Cl)c2)C1. The normalized spacial score (nSPS) is 19.0. The molecule has 1 aromatic carbocycles. The number of amides is 1. The Morgan fingerprint density at radius 1 is 1.52 bits per heavy atom. The fourth-order valence-corrected chi connectivity index (χ4v) is 4.49. The summed E-state index contributed by atoms with van der Waals surface area (Å²) in [5, 5.41) is 0. The second kappa shape index (κ2) is 6.22. The molecule has 0 aromatic heterocycles. The van der Waals surface area contributed by atoms with Gasteiger partial charge in [-0.1, -0.05) is 13.3 Å². The predicted molar refractivity (Wildman–Crippen MR) is 81.4 cm³/mol. The van der Waals surface area contributed by atoms with Crippen LogP contribution in [0.5, 0.6) is 0 Å². The maximum absolute atomic E-state index is 13.8. The van der Waals surface area contributed by atoms with E-state index in [-0.39, 0.29) is 15.9 Å². The van der Waals surface area contributed by atoms with Crippen LogP contribution in [-0.4, -0.2) is 32.3 Å². The van der Waals surface area contributed by atoms with Crippen LogP contribution < -0.4 is 0 Å². The maximum Gasteiger partial charge on any atom is 0.262 e. The van der Waals surface area contributed by atoms with E-state index >= 15 is 0 Å². The summed E-state index contributed by atoms with van der Waals surface area (Å²) in [4.78, 5) is 13.5. The first-order valence-corrected chi connectivity index (χ1v) is 9.57. The lowest BCUT2D eigenvalue weighted by Gasteiger charge is -2.17. The first kappa shape index (κ1) is 16.7. The molecule has 1 aliphatic heterocycles. The third-order valence-electron chi connectivity index (χ3n) is 3.65. The molecule has 4 nitrogen and oxygen atoms in total. The molecular weight excluding hydrogens is 385 g/mol. The molecule has 0 N–H and O–H groups in total. The molecule has 116 valence electrons. The number of hydrogen-bond acceptors (Lipinski definition) is 3. The van der Waals surface area contributed by atoms with Crippen molar-refractivity contribution in [2.24, 2.45) is 5.92 Å². The smallest absolute Gasteiger partial charge is 0.262 e. The molecule has 1 aliphatic rings. The Hall–Kier alpha value is -0.660. The molecule has 21 heavy (non-hydrogen) atoms. The van der Waals surface area contributed by atoms with Crippen molar-refractivity contribution < 1.29 is 17.6 Å². The number of carbonyl (C=O) groups is 1. The summed E-state index contributed by atoms with van der Waals surface area (Å²) in [6.45, 7) is 3.25. The number of hydrogen-bond donors (Lipinski definition) is 0. The average Bonchev–Trinajstić information content (AvgIpc) is 2.88. The van der Waals surface area contributed by atoms with Crippen LogP contribution in [0, 0.1) is 11.7 Å². The summed E-state index contributed by atoms with van der Waals surface area (Å²) < 4.78 is 36.4. The van der Waals surface area contributed by atoms with Gasteiger partial charge in [-0.25, -0.2) is 12.8 Å². The van der Waals surface area contributed by atoms with Crippen molar-refractivity contribution in [3.63, 3.8) is 0 Å². The minimum atomic E-state index is -4.14. The van der Waals surface area contributed by atoms with Crippen LogP contribution in [0.1, 0.15) is 30.1 Å². The molecule has 0 spiro atoms. The Kier molecular flexibility index (Phi) is 4.95. The fraction of sp³-hybridized carbons (Fsp3) is 0.462. The molecule has 1 saturated heterocycles. The van der Waals surface area contributed by atoms with Gasteiger partial charge in [0.2, 0.25) is 0 Å². The molecule has 1 fully saturated rings. The van der Waals surface area contributed by atoms with E-state index in [1.54, 1.807) is 4.90 Å². The lowest BCUT2D eigenvalue weighted by atomic mass is 10.1. The van der Waals surface area contributed by atoms with Gasteiger partial charge in [-0.15, -0.1) is 0 Å². The Labute approximate surface area is 135 Å². The molecule has 2 rings (SSSR count). The number of benzene rings is 1. The van der Waals surface area contributed by atoms with Crippen molar-refractivity contribution in [2.45, 2.75) is 24.7 Å². The number of nitrogens with zero attached hydrogens (tertiary/aromatic N) is 1. The van der Waals surface area contributed by atoms with Gasteiger partial charge in [0.1, 0.15) is 10.7 Å². The molecule has 0 bridgehead atoms. The van der Waals surface area contributed by atoms with Gasteiger partial charge in [0.15, 0.2) is 0 Å². The lowest BCUT2D eigenvalue weighted by molar-refractivity contribution is 0.0786. The van der Waals surface area contributed by atoms with Crippen LogP contribution in [0.3, 0.4) is 0 Å². The zero-order valence-electron chi connectivity index (χ0n) is 11.3. The Balaban J connectivity index is 2.37. The Bertz CT molecular complexity index is 680. The monoisotopic (exact) mass is 397 g/mol. The van der Waals surface area contributed by atoms with Crippen molar-refractivity contribution in [1.29, 1.82) is 0 Å². The van der Waals surface area contributed by atoms with E-state index in [0.29, 0.717) is 19.0 Å². The molecular formula is C13H14BrClFNO3S. The van der Waals surface area contributed by atoms with Crippen molar-refractivity contribution >= 4 is 41.6 Å². The van der Waals surface area contributed by atoms with Crippen molar-refractivity contribution in [1.82, 2.24) is 4.90 Å². The highest BCUT2D eigenvalue weighted by molar-refractivity contribution is 9.10. The predicted octanol–water partition coefficient (Wildman–Crippen LogP) is 3.39. The highest BCUT2D eigenvalue weighted by Gasteiger charge is 2.28. The van der Waals surface area contributed by atoms with Crippen LogP contribution in [0.4, 0.5) is 4.39 Å². The van der Waals surface area contributed by atoms with Gasteiger partial charge >= 0.3 is 0 Å². The highest BCUT2D eigenvalue weighted by atomic mass is 79.9. The largest absolute Gasteiger partial charge is 0.338 e. The van der Waals surface area contributed by atoms with Crippen LogP contribution in [-0.2, 0) is 9.05 Å². The van der Waals surface area contributed by atoms with Gasteiger partial charge in [-0.05, 0) is 40.4 Å². The Morgan fingerprint density at radius 2 is 2.19 bits per heavy atom. The van der Waals surface area contributed by atoms with Crippen LogP contribution in [0.2, 0.25) is 0 Å². The summed E-state index contributed by atoms with van der Waals surface area (Å²) in [6.07, 6.45) is 1.88. The van der Waals surface area contributed by atoms with Crippen LogP contribution >= 0.6 is 26.6 Å². The molecule has 1 amide bonds. The average molecular weight is 399 g/mol. The molecule has 1 aromatic rings. The van der Waals surface area contributed by atoms with Gasteiger partial charge < -0.3 is 4.90 Å². The second-order valence-corrected chi connectivity index (χ2v) is 8.35. The van der Waals surface area contributed by atoms with Crippen molar-refractivity contribution in [3.8, 4) is 0 Å². The number of likely N-dealkylation sites (tertiary alicyclic amines) is 1. The van der Waals surface area contributed by atoms with Crippen LogP contribution in [0.15, 0.2) is 21.5 Å². The van der Waals surface area contributed by atoms with Crippen molar-refractivity contribution in [3.05, 3.63) is 28.0 Å². The molecule has 0 radical (unpaired) electrons. The quantitative estimate of drug-likeness (QED) is 0.733. The van der Waals surface area contributed by atoms with Gasteiger partial charge in [0.25, 0.3) is 15.0 Å². The zero-order valence-corrected chi connectivity index (χ0v) is 14.4. The van der Waals surface area contributed by atoms with Gasteiger partial charge in [0.05, 0.1) is 4.47 Å². The molecule has 0 aliphatic carbocycles. The summed E-state index contributed by atoms with van der Waals surface area (Å²) >= 11 is 2.84. The minimum Gasteiger partial charge on any atom is -0.338 e. The van der Waals surface area contributed by atoms with E-state index in [9.17, 15) is 17.6 Å². The first-order chi connectivity index (χ1) is 9.74. The van der Waals surface area contributed by atoms with Gasteiger partial charge in [-0.2, -0.15) is 0 Å². The standard InChI is InChI=1S/C13H14BrClFNO3S/c1-2-8-3-4-17(7-8)13(18)9-5-10(16)12(14)11(6-9)21(15,19)20/h5-6,8H,2-4,7H2,1H3. The topological polar surface area (TPSA) is 54.5 Å². The van der Waals surface area contributed by atoms with E-state index < -0.39 is 19.8 Å². The minimum absolute atomic E-state index is 0.00771. The van der Waals surface area contributed by atoms with Gasteiger partial charge in [0, 0.05) is 29.3 Å². The third-order valence-corrected chi connectivity index (χ3v) is 6.07. The molecule has 8 heteroatoms. The number of halogens is 3. The third kappa shape index (κ3) is 3.57. The van der Waals surface area contributed by atoms with E-state index in [4.69, 9.17) is 10.7 Å². The van der Waals surface area contributed by atoms with E-state index in [1.807, 2.05) is 0 Å². The molecule has 1 unspecified atom stereocenters. The number of carbonyl (C=O) groups excluding carboxylic acids is 1. The van der Waals surface area contributed by atoms with E-state index in [2.05, 4.69) is 22.9 Å². The lowest BCUT2D eigenvalue weighted by Crippen LogP contribution is -2.29. The van der Waals surface area contributed by atoms with Gasteiger partial charge in [-0.3, -0.25) is 4.79 Å². The molecule has 1 atom stereocenters. The molecule has 0 saturated carbocycles. The summed E-state index contributed by atoms with van der Waals surface area (Å²) in [6, 6.07) is 2.13. The summed E-state index contributed by atoms with van der Waals surface area (Å²) in [5.41, 5.74) is -0.00771. The molecule has 1 heterocycles. The zero-order chi connectivity index (χ0) is 15.8.